The zero-order chi connectivity index (χ0) is 14.6. The van der Waals surface area contributed by atoms with E-state index in [1.807, 2.05) is 0 Å². The number of hydrogen-bond acceptors (Lipinski definition) is 5. The molecule has 0 unspecified atom stereocenters. The molecule has 106 valence electrons. The zero-order valence-electron chi connectivity index (χ0n) is 10.3. The van der Waals surface area contributed by atoms with Gasteiger partial charge in [0, 0.05) is 6.07 Å². The molecule has 2 aromatic rings. The average Bonchev–Trinajstić information content (AvgIpc) is 2.89. The fraction of sp³-hybridized carbons (Fsp3) is 0.167. The first-order valence-electron chi connectivity index (χ1n) is 5.65. The fourth-order valence-corrected chi connectivity index (χ4v) is 2.67. The molecule has 1 aromatic heterocycles. The number of aromatic nitrogens is 1. The number of rotatable bonds is 6. The molecular formula is C12H12N2O5S. The third-order valence-electron chi connectivity index (χ3n) is 2.50. The number of benzene rings is 1. The molecule has 0 aliphatic heterocycles. The molecule has 1 heterocycles. The van der Waals surface area contributed by atoms with Crippen molar-refractivity contribution in [1.29, 1.82) is 0 Å². The van der Waals surface area contributed by atoms with E-state index >= 15 is 0 Å². The number of carboxylic acids is 1. The van der Waals surface area contributed by atoms with Crippen LogP contribution in [0.4, 0.5) is 0 Å². The molecule has 0 atom stereocenters. The Bertz CT molecular complexity index is 694. The van der Waals surface area contributed by atoms with Gasteiger partial charge in [-0.1, -0.05) is 17.3 Å². The lowest BCUT2D eigenvalue weighted by molar-refractivity contribution is 0.0696. The average molecular weight is 296 g/mol. The van der Waals surface area contributed by atoms with Gasteiger partial charge < -0.3 is 9.63 Å². The molecule has 2 rings (SSSR count). The van der Waals surface area contributed by atoms with Crippen molar-refractivity contribution in [3.63, 3.8) is 0 Å². The minimum Gasteiger partial charge on any atom is -0.478 e. The molecule has 0 bridgehead atoms. The minimum atomic E-state index is -3.58. The standard InChI is InChI=1S/C12H12N2O5S/c15-12(16)10-3-1-2-9(6-10)8-20(17,18)13-7-11-4-5-19-14-11/h1-6,13H,7-8H2,(H,15,16). The van der Waals surface area contributed by atoms with Gasteiger partial charge in [0.15, 0.2) is 0 Å². The number of hydrogen-bond donors (Lipinski definition) is 2. The highest BCUT2D eigenvalue weighted by molar-refractivity contribution is 7.88. The van der Waals surface area contributed by atoms with E-state index in [0.29, 0.717) is 11.3 Å². The summed E-state index contributed by atoms with van der Waals surface area (Å²) in [4.78, 5) is 10.8. The molecule has 7 nitrogen and oxygen atoms in total. The van der Waals surface area contributed by atoms with Crippen molar-refractivity contribution in [2.45, 2.75) is 12.3 Å². The molecule has 0 amide bonds. The minimum absolute atomic E-state index is 0.0253. The lowest BCUT2D eigenvalue weighted by Crippen LogP contribution is -2.24. The molecule has 0 aliphatic rings. The van der Waals surface area contributed by atoms with Crippen LogP contribution in [0.3, 0.4) is 0 Å². The number of carbonyl (C=O) groups is 1. The van der Waals surface area contributed by atoms with Crippen molar-refractivity contribution in [2.75, 3.05) is 0 Å². The molecule has 2 N–H and O–H groups in total. The monoisotopic (exact) mass is 296 g/mol. The summed E-state index contributed by atoms with van der Waals surface area (Å²) >= 11 is 0. The Balaban J connectivity index is 2.04. The molecule has 0 aliphatic carbocycles. The first-order valence-corrected chi connectivity index (χ1v) is 7.30. The Morgan fingerprint density at radius 3 is 2.80 bits per heavy atom. The highest BCUT2D eigenvalue weighted by Gasteiger charge is 2.13. The summed E-state index contributed by atoms with van der Waals surface area (Å²) in [5, 5.41) is 12.4. The van der Waals surface area contributed by atoms with Crippen molar-refractivity contribution in [1.82, 2.24) is 9.88 Å². The van der Waals surface area contributed by atoms with Crippen LogP contribution in [-0.4, -0.2) is 24.7 Å². The van der Waals surface area contributed by atoms with Crippen molar-refractivity contribution in [2.24, 2.45) is 0 Å². The number of sulfonamides is 1. The molecule has 0 spiro atoms. The number of carboxylic acid groups (broad SMARTS) is 1. The second kappa shape index (κ2) is 5.85. The third kappa shape index (κ3) is 3.90. The number of nitrogens with zero attached hydrogens (tertiary/aromatic N) is 1. The Labute approximate surface area is 115 Å². The van der Waals surface area contributed by atoms with Gasteiger partial charge in [-0.3, -0.25) is 0 Å². The Kier molecular flexibility index (Phi) is 4.16. The van der Waals surface area contributed by atoms with Crippen LogP contribution in [0.2, 0.25) is 0 Å². The van der Waals surface area contributed by atoms with E-state index in [4.69, 9.17) is 5.11 Å². The van der Waals surface area contributed by atoms with Crippen LogP contribution >= 0.6 is 0 Å². The molecule has 0 saturated heterocycles. The zero-order valence-corrected chi connectivity index (χ0v) is 11.1. The van der Waals surface area contributed by atoms with Crippen molar-refractivity contribution in [3.8, 4) is 0 Å². The molecule has 0 saturated carbocycles. The summed E-state index contributed by atoms with van der Waals surface area (Å²) in [7, 11) is -3.58. The van der Waals surface area contributed by atoms with Crippen LogP contribution in [0.25, 0.3) is 0 Å². The number of nitrogens with one attached hydrogen (secondary N) is 1. The largest absolute Gasteiger partial charge is 0.478 e. The molecule has 8 heteroatoms. The lowest BCUT2D eigenvalue weighted by atomic mass is 10.1. The van der Waals surface area contributed by atoms with E-state index in [9.17, 15) is 13.2 Å². The van der Waals surface area contributed by atoms with Gasteiger partial charge in [-0.2, -0.15) is 0 Å². The SMILES string of the molecule is O=C(O)c1cccc(CS(=O)(=O)NCc2ccon2)c1. The highest BCUT2D eigenvalue weighted by atomic mass is 32.2. The van der Waals surface area contributed by atoms with E-state index < -0.39 is 16.0 Å². The van der Waals surface area contributed by atoms with E-state index in [1.165, 1.54) is 24.5 Å². The summed E-state index contributed by atoms with van der Waals surface area (Å²) in [6.45, 7) is 0.0253. The first-order chi connectivity index (χ1) is 9.46. The van der Waals surface area contributed by atoms with Crippen molar-refractivity contribution >= 4 is 16.0 Å². The van der Waals surface area contributed by atoms with Gasteiger partial charge in [0.1, 0.15) is 6.26 Å². The maximum absolute atomic E-state index is 11.9. The predicted molar refractivity (Wildman–Crippen MR) is 69.4 cm³/mol. The molecule has 0 fully saturated rings. The lowest BCUT2D eigenvalue weighted by Gasteiger charge is -2.06. The van der Waals surface area contributed by atoms with Gasteiger partial charge in [0.2, 0.25) is 10.0 Å². The van der Waals surface area contributed by atoms with Gasteiger partial charge in [-0.15, -0.1) is 0 Å². The van der Waals surface area contributed by atoms with Gasteiger partial charge in [0.25, 0.3) is 0 Å². The van der Waals surface area contributed by atoms with E-state index in [0.717, 1.165) is 0 Å². The maximum atomic E-state index is 11.9. The van der Waals surface area contributed by atoms with E-state index in [2.05, 4.69) is 14.4 Å². The van der Waals surface area contributed by atoms with Crippen LogP contribution in [-0.2, 0) is 22.3 Å². The maximum Gasteiger partial charge on any atom is 0.335 e. The summed E-state index contributed by atoms with van der Waals surface area (Å²) < 4.78 is 30.7. The molecule has 20 heavy (non-hydrogen) atoms. The smallest absolute Gasteiger partial charge is 0.335 e. The molecular weight excluding hydrogens is 284 g/mol. The Morgan fingerprint density at radius 1 is 1.35 bits per heavy atom. The first kappa shape index (κ1) is 14.2. The Morgan fingerprint density at radius 2 is 2.15 bits per heavy atom. The normalized spacial score (nSPS) is 11.4. The summed E-state index contributed by atoms with van der Waals surface area (Å²) in [5.41, 5.74) is 0.916. The molecule has 0 radical (unpaired) electrons. The van der Waals surface area contributed by atoms with Gasteiger partial charge >= 0.3 is 5.97 Å². The topological polar surface area (TPSA) is 110 Å². The van der Waals surface area contributed by atoms with Crippen LogP contribution in [0.15, 0.2) is 41.1 Å². The molecule has 1 aromatic carbocycles. The van der Waals surface area contributed by atoms with Crippen LogP contribution in [0.5, 0.6) is 0 Å². The quantitative estimate of drug-likeness (QED) is 0.822. The number of aromatic carboxylic acids is 1. The van der Waals surface area contributed by atoms with Gasteiger partial charge in [-0.25, -0.2) is 17.9 Å². The summed E-state index contributed by atoms with van der Waals surface area (Å²) in [6.07, 6.45) is 1.35. The summed E-state index contributed by atoms with van der Waals surface area (Å²) in [6, 6.07) is 7.35. The fourth-order valence-electron chi connectivity index (χ4n) is 1.58. The second-order valence-electron chi connectivity index (χ2n) is 4.08. The van der Waals surface area contributed by atoms with Gasteiger partial charge in [-0.05, 0) is 17.7 Å². The Hall–Kier alpha value is -2.19. The van der Waals surface area contributed by atoms with Crippen molar-refractivity contribution in [3.05, 3.63) is 53.4 Å². The third-order valence-corrected chi connectivity index (χ3v) is 3.79. The van der Waals surface area contributed by atoms with Gasteiger partial charge in [0.05, 0.1) is 23.6 Å². The van der Waals surface area contributed by atoms with E-state index in [1.54, 1.807) is 12.1 Å². The summed E-state index contributed by atoms with van der Waals surface area (Å²) in [5.74, 6) is -1.40. The second-order valence-corrected chi connectivity index (χ2v) is 5.88. The predicted octanol–water partition coefficient (Wildman–Crippen LogP) is 0.992. The van der Waals surface area contributed by atoms with Crippen LogP contribution < -0.4 is 4.72 Å². The van der Waals surface area contributed by atoms with Crippen molar-refractivity contribution < 1.29 is 22.8 Å². The van der Waals surface area contributed by atoms with Crippen LogP contribution in [0.1, 0.15) is 21.6 Å². The van der Waals surface area contributed by atoms with E-state index in [-0.39, 0.29) is 17.9 Å². The van der Waals surface area contributed by atoms with Crippen LogP contribution in [0, 0.1) is 0 Å². The highest BCUT2D eigenvalue weighted by Crippen LogP contribution is 2.09.